The highest BCUT2D eigenvalue weighted by Crippen LogP contribution is 2.20. The summed E-state index contributed by atoms with van der Waals surface area (Å²) in [4.78, 5) is 11.6. The quantitative estimate of drug-likeness (QED) is 0.863. The maximum absolute atomic E-state index is 11.6. The number of hydrogen-bond donors (Lipinski definition) is 1. The molecule has 4 nitrogen and oxygen atoms in total. The minimum absolute atomic E-state index is 0.215. The Morgan fingerprint density at radius 3 is 3.11 bits per heavy atom. The van der Waals surface area contributed by atoms with E-state index in [4.69, 9.17) is 11.6 Å². The van der Waals surface area contributed by atoms with E-state index < -0.39 is 0 Å². The van der Waals surface area contributed by atoms with Crippen molar-refractivity contribution in [1.29, 1.82) is 0 Å². The molecule has 1 aliphatic rings. The molecular weight excluding hydrogens is 262 g/mol. The van der Waals surface area contributed by atoms with Crippen molar-refractivity contribution in [2.45, 2.75) is 38.5 Å². The molecule has 0 bridgehead atoms. The van der Waals surface area contributed by atoms with Crippen LogP contribution in [0.2, 0.25) is 5.02 Å². The summed E-state index contributed by atoms with van der Waals surface area (Å²) < 4.78 is 1.24. The molecule has 1 aromatic heterocycles. The summed E-state index contributed by atoms with van der Waals surface area (Å²) in [5.74, 6) is 0. The molecule has 1 heterocycles. The number of anilines is 1. The molecule has 0 amide bonds. The molecule has 0 atom stereocenters. The first-order chi connectivity index (χ1) is 9.18. The molecule has 104 valence electrons. The smallest absolute Gasteiger partial charge is 0.287 e. The van der Waals surface area contributed by atoms with Crippen molar-refractivity contribution >= 4 is 17.3 Å². The van der Waals surface area contributed by atoms with Gasteiger partial charge in [0.1, 0.15) is 5.02 Å². The Labute approximate surface area is 118 Å². The molecule has 0 unspecified atom stereocenters. The maximum Gasteiger partial charge on any atom is 0.287 e. The van der Waals surface area contributed by atoms with E-state index in [2.05, 4.69) is 16.5 Å². The zero-order chi connectivity index (χ0) is 13.7. The second kappa shape index (κ2) is 6.75. The Balaban J connectivity index is 1.91. The highest BCUT2D eigenvalue weighted by Gasteiger charge is 2.07. The summed E-state index contributed by atoms with van der Waals surface area (Å²) in [6.07, 6.45) is 11.3. The van der Waals surface area contributed by atoms with Crippen molar-refractivity contribution < 1.29 is 0 Å². The van der Waals surface area contributed by atoms with E-state index in [-0.39, 0.29) is 10.6 Å². The van der Waals surface area contributed by atoms with Gasteiger partial charge in [-0.15, -0.1) is 0 Å². The number of aromatic nitrogens is 2. The minimum Gasteiger partial charge on any atom is -0.382 e. The molecule has 5 heteroatoms. The summed E-state index contributed by atoms with van der Waals surface area (Å²) >= 11 is 6.00. The van der Waals surface area contributed by atoms with Crippen LogP contribution in [0.4, 0.5) is 5.69 Å². The van der Waals surface area contributed by atoms with Gasteiger partial charge in [-0.3, -0.25) is 4.79 Å². The zero-order valence-corrected chi connectivity index (χ0v) is 12.0. The first-order valence-electron chi connectivity index (χ1n) is 6.82. The van der Waals surface area contributed by atoms with Crippen molar-refractivity contribution in [3.63, 3.8) is 0 Å². The topological polar surface area (TPSA) is 46.9 Å². The summed E-state index contributed by atoms with van der Waals surface area (Å²) in [7, 11) is 1.59. The second-order valence-electron chi connectivity index (χ2n) is 4.94. The third-order valence-electron chi connectivity index (χ3n) is 3.47. The Kier molecular flexibility index (Phi) is 5.02. The number of rotatable bonds is 4. The van der Waals surface area contributed by atoms with Crippen molar-refractivity contribution in [3.05, 3.63) is 33.2 Å². The van der Waals surface area contributed by atoms with Crippen molar-refractivity contribution in [3.8, 4) is 0 Å². The fourth-order valence-corrected chi connectivity index (χ4v) is 2.54. The van der Waals surface area contributed by atoms with Crippen LogP contribution >= 0.6 is 11.6 Å². The fraction of sp³-hybridized carbons (Fsp3) is 0.571. The summed E-state index contributed by atoms with van der Waals surface area (Å²) in [6, 6.07) is 0. The predicted octanol–water partition coefficient (Wildman–Crippen LogP) is 3.13. The van der Waals surface area contributed by atoms with Gasteiger partial charge in [0.15, 0.2) is 0 Å². The summed E-state index contributed by atoms with van der Waals surface area (Å²) in [5, 5.41) is 7.38. The summed E-state index contributed by atoms with van der Waals surface area (Å²) in [6.45, 7) is 0.792. The standard InChI is InChI=1S/C14H20ClN3O/c1-18-14(19)13(15)12(10-17-18)16-9-8-11-6-4-2-3-5-7-11/h6,10,16H,2-5,7-9H2,1H3. The number of halogens is 1. The van der Waals surface area contributed by atoms with Gasteiger partial charge >= 0.3 is 0 Å². The Hall–Kier alpha value is -1.29. The minimum atomic E-state index is -0.264. The van der Waals surface area contributed by atoms with E-state index in [1.165, 1.54) is 42.4 Å². The third-order valence-corrected chi connectivity index (χ3v) is 3.84. The van der Waals surface area contributed by atoms with E-state index in [0.717, 1.165) is 13.0 Å². The first-order valence-corrected chi connectivity index (χ1v) is 7.20. The first kappa shape index (κ1) is 14.1. The summed E-state index contributed by atoms with van der Waals surface area (Å²) in [5.41, 5.74) is 1.87. The third kappa shape index (κ3) is 3.83. The lowest BCUT2D eigenvalue weighted by Gasteiger charge is -2.10. The maximum atomic E-state index is 11.6. The average Bonchev–Trinajstić information content (AvgIpc) is 2.67. The average molecular weight is 282 g/mol. The lowest BCUT2D eigenvalue weighted by atomic mass is 10.1. The van der Waals surface area contributed by atoms with Gasteiger partial charge in [0.2, 0.25) is 0 Å². The predicted molar refractivity (Wildman–Crippen MR) is 78.8 cm³/mol. The van der Waals surface area contributed by atoms with E-state index >= 15 is 0 Å². The molecule has 19 heavy (non-hydrogen) atoms. The second-order valence-corrected chi connectivity index (χ2v) is 5.32. The van der Waals surface area contributed by atoms with Crippen molar-refractivity contribution in [1.82, 2.24) is 9.78 Å². The highest BCUT2D eigenvalue weighted by atomic mass is 35.5. The van der Waals surface area contributed by atoms with Crippen molar-refractivity contribution in [2.75, 3.05) is 11.9 Å². The largest absolute Gasteiger partial charge is 0.382 e. The van der Waals surface area contributed by atoms with Crippen molar-refractivity contribution in [2.24, 2.45) is 7.05 Å². The van der Waals surface area contributed by atoms with Gasteiger partial charge in [0.05, 0.1) is 11.9 Å². The molecule has 1 aromatic rings. The van der Waals surface area contributed by atoms with Crippen LogP contribution in [-0.2, 0) is 7.05 Å². The Morgan fingerprint density at radius 1 is 1.42 bits per heavy atom. The fourth-order valence-electron chi connectivity index (χ4n) is 2.30. The van der Waals surface area contributed by atoms with E-state index in [9.17, 15) is 4.79 Å². The van der Waals surface area contributed by atoms with Crippen LogP contribution in [0.3, 0.4) is 0 Å². The van der Waals surface area contributed by atoms with Gasteiger partial charge in [-0.05, 0) is 32.1 Å². The van der Waals surface area contributed by atoms with Crippen LogP contribution in [0.25, 0.3) is 0 Å². The van der Waals surface area contributed by atoms with Gasteiger partial charge in [-0.1, -0.05) is 29.7 Å². The van der Waals surface area contributed by atoms with Crippen LogP contribution in [0.1, 0.15) is 38.5 Å². The molecule has 1 aliphatic carbocycles. The van der Waals surface area contributed by atoms with Crippen LogP contribution < -0.4 is 10.9 Å². The number of aryl methyl sites for hydroxylation is 1. The molecule has 0 saturated heterocycles. The van der Waals surface area contributed by atoms with Gasteiger partial charge < -0.3 is 5.32 Å². The van der Waals surface area contributed by atoms with E-state index in [1.807, 2.05) is 0 Å². The van der Waals surface area contributed by atoms with Crippen LogP contribution in [0, 0.1) is 0 Å². The molecule has 2 rings (SSSR count). The molecule has 0 aliphatic heterocycles. The number of nitrogens with one attached hydrogen (secondary N) is 1. The van der Waals surface area contributed by atoms with Crippen LogP contribution in [0.15, 0.2) is 22.6 Å². The van der Waals surface area contributed by atoms with E-state index in [1.54, 1.807) is 13.2 Å². The SMILES string of the molecule is Cn1ncc(NCCC2=CCCCCC2)c(Cl)c1=O. The molecule has 0 aromatic carbocycles. The monoisotopic (exact) mass is 281 g/mol. The van der Waals surface area contributed by atoms with Gasteiger partial charge in [0, 0.05) is 13.6 Å². The van der Waals surface area contributed by atoms with Crippen LogP contribution in [0.5, 0.6) is 0 Å². The Morgan fingerprint density at radius 2 is 2.26 bits per heavy atom. The molecule has 0 spiro atoms. The molecule has 0 fully saturated rings. The molecule has 0 saturated carbocycles. The van der Waals surface area contributed by atoms with Crippen LogP contribution in [-0.4, -0.2) is 16.3 Å². The van der Waals surface area contributed by atoms with Gasteiger partial charge in [0.25, 0.3) is 5.56 Å². The Bertz CT molecular complexity index is 522. The normalized spacial score (nSPS) is 15.8. The van der Waals surface area contributed by atoms with Gasteiger partial charge in [-0.2, -0.15) is 5.10 Å². The lowest BCUT2D eigenvalue weighted by Crippen LogP contribution is -2.21. The molecule has 1 N–H and O–H groups in total. The lowest BCUT2D eigenvalue weighted by molar-refractivity contribution is 0.702. The molecule has 0 radical (unpaired) electrons. The van der Waals surface area contributed by atoms with Gasteiger partial charge in [-0.25, -0.2) is 4.68 Å². The van der Waals surface area contributed by atoms with E-state index in [0.29, 0.717) is 5.69 Å². The molecular formula is C14H20ClN3O. The number of nitrogens with zero attached hydrogens (tertiary/aromatic N) is 2. The zero-order valence-electron chi connectivity index (χ0n) is 11.3. The highest BCUT2D eigenvalue weighted by molar-refractivity contribution is 6.32. The number of hydrogen-bond acceptors (Lipinski definition) is 3. The number of allylic oxidation sites excluding steroid dienone is 1.